The van der Waals surface area contributed by atoms with Crippen molar-refractivity contribution < 1.29 is 4.74 Å². The van der Waals surface area contributed by atoms with E-state index in [2.05, 4.69) is 44.1 Å². The topological polar surface area (TPSA) is 50.3 Å². The van der Waals surface area contributed by atoms with Gasteiger partial charge in [-0.05, 0) is 42.3 Å². The maximum atomic E-state index is 5.58. The molecule has 0 spiro atoms. The van der Waals surface area contributed by atoms with Crippen molar-refractivity contribution in [2.45, 2.75) is 32.0 Å². The van der Waals surface area contributed by atoms with Gasteiger partial charge < -0.3 is 10.1 Å². The predicted octanol–water partition coefficient (Wildman–Crippen LogP) is 2.76. The molecule has 1 atom stereocenters. The fraction of sp³-hybridized carbons (Fsp3) is 0.500. The van der Waals surface area contributed by atoms with E-state index in [4.69, 9.17) is 4.74 Å². The molecule has 1 saturated heterocycles. The second-order valence-corrected chi connectivity index (χ2v) is 6.51. The Morgan fingerprint density at radius 3 is 2.82 bits per heavy atom. The van der Waals surface area contributed by atoms with Crippen LogP contribution in [0.15, 0.2) is 29.2 Å². The summed E-state index contributed by atoms with van der Waals surface area (Å²) in [5.74, 6) is 0.680. The standard InChI is InChI=1S/C16H22N4OS/c1-20(10-13-4-6-22-12-13)11-14-7-17-16(18-8-14)19-9-15-3-2-5-21-15/h4,6-8,12,15H,2-3,5,9-11H2,1H3,(H,17,18,19)/t15-/m1/s1. The molecule has 6 heteroatoms. The van der Waals surface area contributed by atoms with Crippen LogP contribution in [0, 0.1) is 0 Å². The van der Waals surface area contributed by atoms with Crippen molar-refractivity contribution in [1.82, 2.24) is 14.9 Å². The molecule has 5 nitrogen and oxygen atoms in total. The van der Waals surface area contributed by atoms with E-state index < -0.39 is 0 Å². The Balaban J connectivity index is 1.46. The van der Waals surface area contributed by atoms with Crippen LogP contribution in [0.5, 0.6) is 0 Å². The van der Waals surface area contributed by atoms with E-state index in [-0.39, 0.29) is 0 Å². The number of nitrogens with zero attached hydrogens (tertiary/aromatic N) is 3. The van der Waals surface area contributed by atoms with Crippen molar-refractivity contribution >= 4 is 17.3 Å². The molecule has 1 aliphatic rings. The molecule has 0 aliphatic carbocycles. The lowest BCUT2D eigenvalue weighted by Gasteiger charge is -2.16. The summed E-state index contributed by atoms with van der Waals surface area (Å²) >= 11 is 1.74. The van der Waals surface area contributed by atoms with Crippen molar-refractivity contribution in [3.05, 3.63) is 40.3 Å². The molecule has 0 radical (unpaired) electrons. The summed E-state index contributed by atoms with van der Waals surface area (Å²) in [6, 6.07) is 2.16. The molecule has 1 fully saturated rings. The number of hydrogen-bond donors (Lipinski definition) is 1. The average molecular weight is 318 g/mol. The van der Waals surface area contributed by atoms with E-state index >= 15 is 0 Å². The summed E-state index contributed by atoms with van der Waals surface area (Å²) in [6.45, 7) is 3.46. The number of nitrogens with one attached hydrogen (secondary N) is 1. The molecule has 0 aromatic carbocycles. The number of hydrogen-bond acceptors (Lipinski definition) is 6. The minimum Gasteiger partial charge on any atom is -0.376 e. The summed E-state index contributed by atoms with van der Waals surface area (Å²) in [4.78, 5) is 11.0. The molecule has 0 bridgehead atoms. The summed E-state index contributed by atoms with van der Waals surface area (Å²) in [5, 5.41) is 7.54. The van der Waals surface area contributed by atoms with E-state index in [1.165, 1.54) is 5.56 Å². The van der Waals surface area contributed by atoms with Gasteiger partial charge >= 0.3 is 0 Å². The van der Waals surface area contributed by atoms with Gasteiger partial charge in [0.05, 0.1) is 6.10 Å². The molecule has 1 aliphatic heterocycles. The third-order valence-electron chi connectivity index (χ3n) is 3.70. The largest absolute Gasteiger partial charge is 0.376 e. The van der Waals surface area contributed by atoms with Crippen molar-refractivity contribution in [3.63, 3.8) is 0 Å². The van der Waals surface area contributed by atoms with E-state index in [9.17, 15) is 0 Å². The van der Waals surface area contributed by atoms with Gasteiger partial charge in [0.2, 0.25) is 5.95 Å². The summed E-state index contributed by atoms with van der Waals surface area (Å²) in [5.41, 5.74) is 2.48. The zero-order valence-corrected chi connectivity index (χ0v) is 13.7. The van der Waals surface area contributed by atoms with E-state index in [0.717, 1.165) is 44.6 Å². The van der Waals surface area contributed by atoms with Gasteiger partial charge in [0.15, 0.2) is 0 Å². The molecule has 0 saturated carbocycles. The Bertz CT molecular complexity index is 552. The van der Waals surface area contributed by atoms with Gasteiger partial charge in [0, 0.05) is 44.2 Å². The highest BCUT2D eigenvalue weighted by atomic mass is 32.1. The van der Waals surface area contributed by atoms with Crippen LogP contribution in [0.4, 0.5) is 5.95 Å². The molecule has 3 heterocycles. The molecule has 0 unspecified atom stereocenters. The third-order valence-corrected chi connectivity index (χ3v) is 4.43. The minimum atomic E-state index is 0.306. The quantitative estimate of drug-likeness (QED) is 0.851. The van der Waals surface area contributed by atoms with Gasteiger partial charge in [0.25, 0.3) is 0 Å². The second kappa shape index (κ2) is 7.67. The fourth-order valence-electron chi connectivity index (χ4n) is 2.60. The zero-order chi connectivity index (χ0) is 15.2. The van der Waals surface area contributed by atoms with E-state index in [1.54, 1.807) is 11.3 Å². The Hall–Kier alpha value is -1.50. The number of aromatic nitrogens is 2. The summed E-state index contributed by atoms with van der Waals surface area (Å²) in [6.07, 6.45) is 6.38. The highest BCUT2D eigenvalue weighted by molar-refractivity contribution is 7.07. The Kier molecular flexibility index (Phi) is 5.37. The molecule has 118 valence electrons. The van der Waals surface area contributed by atoms with Crippen molar-refractivity contribution in [3.8, 4) is 0 Å². The Morgan fingerprint density at radius 1 is 1.32 bits per heavy atom. The van der Waals surface area contributed by atoms with E-state index in [1.807, 2.05) is 12.4 Å². The SMILES string of the molecule is CN(Cc1cnc(NC[C@H]2CCCO2)nc1)Cc1ccsc1. The predicted molar refractivity (Wildman–Crippen MR) is 89.0 cm³/mol. The second-order valence-electron chi connectivity index (χ2n) is 5.73. The van der Waals surface area contributed by atoms with Crippen LogP contribution in [0.25, 0.3) is 0 Å². The monoisotopic (exact) mass is 318 g/mol. The van der Waals surface area contributed by atoms with E-state index in [0.29, 0.717) is 12.1 Å². The number of anilines is 1. The normalized spacial score (nSPS) is 18.0. The first kappa shape index (κ1) is 15.4. The summed E-state index contributed by atoms with van der Waals surface area (Å²) < 4.78 is 5.58. The summed E-state index contributed by atoms with van der Waals surface area (Å²) in [7, 11) is 2.11. The number of thiophene rings is 1. The highest BCUT2D eigenvalue weighted by Gasteiger charge is 2.15. The Labute approximate surface area is 135 Å². The van der Waals surface area contributed by atoms with Crippen molar-refractivity contribution in [1.29, 1.82) is 0 Å². The van der Waals surface area contributed by atoms with Gasteiger partial charge in [0.1, 0.15) is 0 Å². The maximum absolute atomic E-state index is 5.58. The average Bonchev–Trinajstić information content (AvgIpc) is 3.20. The van der Waals surface area contributed by atoms with Gasteiger partial charge in [-0.1, -0.05) is 0 Å². The first-order valence-corrected chi connectivity index (χ1v) is 8.60. The fourth-order valence-corrected chi connectivity index (χ4v) is 3.26. The van der Waals surface area contributed by atoms with Gasteiger partial charge in [-0.25, -0.2) is 9.97 Å². The Morgan fingerprint density at radius 2 is 2.14 bits per heavy atom. The highest BCUT2D eigenvalue weighted by Crippen LogP contribution is 2.13. The van der Waals surface area contributed by atoms with Crippen molar-refractivity contribution in [2.75, 3.05) is 25.5 Å². The molecule has 0 amide bonds. The molecule has 2 aromatic heterocycles. The van der Waals surface area contributed by atoms with Crippen LogP contribution < -0.4 is 5.32 Å². The molecular formula is C16H22N4OS. The molecule has 1 N–H and O–H groups in total. The molecule has 3 rings (SSSR count). The van der Waals surface area contributed by atoms with Crippen LogP contribution in [0.1, 0.15) is 24.0 Å². The lowest BCUT2D eigenvalue weighted by molar-refractivity contribution is 0.120. The van der Waals surface area contributed by atoms with Crippen LogP contribution in [0.3, 0.4) is 0 Å². The third kappa shape index (κ3) is 4.50. The lowest BCUT2D eigenvalue weighted by atomic mass is 10.2. The molecule has 2 aromatic rings. The first-order valence-electron chi connectivity index (χ1n) is 7.65. The van der Waals surface area contributed by atoms with Crippen molar-refractivity contribution in [2.24, 2.45) is 0 Å². The van der Waals surface area contributed by atoms with Gasteiger partial charge in [-0.3, -0.25) is 4.90 Å². The van der Waals surface area contributed by atoms with Crippen LogP contribution in [-0.2, 0) is 17.8 Å². The maximum Gasteiger partial charge on any atom is 0.222 e. The lowest BCUT2D eigenvalue weighted by Crippen LogP contribution is -2.20. The van der Waals surface area contributed by atoms with Crippen LogP contribution in [0.2, 0.25) is 0 Å². The zero-order valence-electron chi connectivity index (χ0n) is 12.9. The van der Waals surface area contributed by atoms with Gasteiger partial charge in [-0.2, -0.15) is 11.3 Å². The van der Waals surface area contributed by atoms with Crippen LogP contribution in [-0.4, -0.2) is 41.2 Å². The molecular weight excluding hydrogens is 296 g/mol. The minimum absolute atomic E-state index is 0.306. The first-order chi connectivity index (χ1) is 10.8. The van der Waals surface area contributed by atoms with Crippen LogP contribution >= 0.6 is 11.3 Å². The van der Waals surface area contributed by atoms with Gasteiger partial charge in [-0.15, -0.1) is 0 Å². The number of rotatable bonds is 7. The molecule has 22 heavy (non-hydrogen) atoms. The smallest absolute Gasteiger partial charge is 0.222 e. The number of ether oxygens (including phenoxy) is 1.